The Morgan fingerprint density at radius 1 is 0.895 bits per heavy atom. The average molecular weight is 537 g/mol. The first-order chi connectivity index (χ1) is 18.1. The van der Waals surface area contributed by atoms with Crippen LogP contribution in [0.1, 0.15) is 73.6 Å². The standard InChI is InChI=1S/C33H48O4Si/c1-26-25-28(21-20-27-15-13-14-23-34-27)36-33(5,6)37-31(26)22-24-35-38(32(2,3)4,29-16-9-7-10-17-29)30-18-11-8-12-19-30/h7-13,15-19,26-28,31H,14,20-25H2,1-6H3/t26-,27?,28+,31-/m1/s1. The summed E-state index contributed by atoms with van der Waals surface area (Å²) < 4.78 is 26.2. The molecule has 0 aliphatic carbocycles. The van der Waals surface area contributed by atoms with Crippen molar-refractivity contribution in [1.82, 2.24) is 0 Å². The summed E-state index contributed by atoms with van der Waals surface area (Å²) in [4.78, 5) is 0. The fourth-order valence-electron chi connectivity index (χ4n) is 6.26. The Morgan fingerprint density at radius 2 is 1.53 bits per heavy atom. The van der Waals surface area contributed by atoms with Crippen LogP contribution < -0.4 is 10.4 Å². The first-order valence-corrected chi connectivity index (χ1v) is 16.4. The minimum absolute atomic E-state index is 0.0330. The van der Waals surface area contributed by atoms with Crippen molar-refractivity contribution in [3.8, 4) is 0 Å². The molecule has 4 rings (SSSR count). The second-order valence-corrected chi connectivity index (χ2v) is 16.8. The van der Waals surface area contributed by atoms with Crippen molar-refractivity contribution >= 4 is 18.7 Å². The smallest absolute Gasteiger partial charge is 0.261 e. The monoisotopic (exact) mass is 536 g/mol. The fraction of sp³-hybridized carbons (Fsp3) is 0.576. The normalized spacial score (nSPS) is 26.2. The van der Waals surface area contributed by atoms with Gasteiger partial charge in [-0.1, -0.05) is 101 Å². The zero-order valence-electron chi connectivity index (χ0n) is 24.3. The SMILES string of the molecule is C[C@@H]1C[C@H](CCC2C=CCCO2)OC(C)(C)O[C@@H]1CCO[Si](c1ccccc1)(c1ccccc1)C(C)(C)C. The van der Waals surface area contributed by atoms with E-state index in [2.05, 4.69) is 114 Å². The molecule has 38 heavy (non-hydrogen) atoms. The van der Waals surface area contributed by atoms with E-state index in [0.717, 1.165) is 38.7 Å². The highest BCUT2D eigenvalue weighted by molar-refractivity contribution is 6.99. The summed E-state index contributed by atoms with van der Waals surface area (Å²) in [5, 5.41) is 2.60. The molecule has 2 aromatic rings. The molecule has 1 saturated heterocycles. The Kier molecular flexibility index (Phi) is 9.70. The van der Waals surface area contributed by atoms with Crippen molar-refractivity contribution in [2.24, 2.45) is 5.92 Å². The quantitative estimate of drug-likeness (QED) is 0.266. The molecule has 1 fully saturated rings. The van der Waals surface area contributed by atoms with Crippen molar-refractivity contribution in [1.29, 1.82) is 0 Å². The second kappa shape index (κ2) is 12.6. The van der Waals surface area contributed by atoms with Gasteiger partial charge in [0, 0.05) is 6.61 Å². The second-order valence-electron chi connectivity index (χ2n) is 12.5. The van der Waals surface area contributed by atoms with Crippen LogP contribution in [-0.2, 0) is 18.6 Å². The minimum Gasteiger partial charge on any atom is -0.407 e. The van der Waals surface area contributed by atoms with Crippen LogP contribution in [-0.4, -0.2) is 45.6 Å². The number of hydrogen-bond acceptors (Lipinski definition) is 4. The van der Waals surface area contributed by atoms with Gasteiger partial charge in [0.25, 0.3) is 8.32 Å². The van der Waals surface area contributed by atoms with E-state index in [4.69, 9.17) is 18.6 Å². The third-order valence-corrected chi connectivity index (χ3v) is 13.1. The lowest BCUT2D eigenvalue weighted by Crippen LogP contribution is -2.66. The highest BCUT2D eigenvalue weighted by atomic mass is 28.4. The molecule has 4 atom stereocenters. The van der Waals surface area contributed by atoms with Gasteiger partial charge >= 0.3 is 0 Å². The molecule has 5 heteroatoms. The van der Waals surface area contributed by atoms with Crippen LogP contribution in [0.4, 0.5) is 0 Å². The molecule has 0 spiro atoms. The van der Waals surface area contributed by atoms with Gasteiger partial charge in [-0.15, -0.1) is 0 Å². The first kappa shape index (κ1) is 29.2. The van der Waals surface area contributed by atoms with Crippen LogP contribution in [0.15, 0.2) is 72.8 Å². The Balaban J connectivity index is 1.48. The molecule has 208 valence electrons. The first-order valence-electron chi connectivity index (χ1n) is 14.5. The molecule has 0 radical (unpaired) electrons. The van der Waals surface area contributed by atoms with E-state index in [-0.39, 0.29) is 23.4 Å². The lowest BCUT2D eigenvalue weighted by molar-refractivity contribution is -0.246. The lowest BCUT2D eigenvalue weighted by atomic mass is 9.93. The Labute approximate surface area is 231 Å². The Morgan fingerprint density at radius 3 is 2.08 bits per heavy atom. The molecule has 2 heterocycles. The van der Waals surface area contributed by atoms with E-state index in [0.29, 0.717) is 12.5 Å². The van der Waals surface area contributed by atoms with Crippen molar-refractivity contribution in [2.75, 3.05) is 13.2 Å². The predicted octanol–water partition coefficient (Wildman–Crippen LogP) is 6.62. The van der Waals surface area contributed by atoms with E-state index in [1.165, 1.54) is 10.4 Å². The molecule has 1 unspecified atom stereocenters. The van der Waals surface area contributed by atoms with Crippen LogP contribution in [0.3, 0.4) is 0 Å². The van der Waals surface area contributed by atoms with Crippen LogP contribution in [0, 0.1) is 5.92 Å². The molecular formula is C33H48O4Si. The summed E-state index contributed by atoms with van der Waals surface area (Å²) in [6, 6.07) is 21.7. The highest BCUT2D eigenvalue weighted by Gasteiger charge is 2.50. The van der Waals surface area contributed by atoms with Crippen LogP contribution in [0.25, 0.3) is 0 Å². The summed E-state index contributed by atoms with van der Waals surface area (Å²) in [6.07, 6.45) is 9.74. The van der Waals surface area contributed by atoms with Crippen LogP contribution >= 0.6 is 0 Å². The molecule has 0 bridgehead atoms. The molecule has 4 nitrogen and oxygen atoms in total. The molecule has 0 amide bonds. The van der Waals surface area contributed by atoms with E-state index in [1.54, 1.807) is 0 Å². The topological polar surface area (TPSA) is 36.9 Å². The van der Waals surface area contributed by atoms with Crippen molar-refractivity contribution in [2.45, 2.75) is 103 Å². The van der Waals surface area contributed by atoms with Gasteiger partial charge in [-0.3, -0.25) is 0 Å². The molecule has 0 N–H and O–H groups in total. The minimum atomic E-state index is -2.56. The van der Waals surface area contributed by atoms with Crippen molar-refractivity contribution < 1.29 is 18.6 Å². The maximum absolute atomic E-state index is 7.17. The van der Waals surface area contributed by atoms with E-state index >= 15 is 0 Å². The van der Waals surface area contributed by atoms with Crippen LogP contribution in [0.2, 0.25) is 5.04 Å². The van der Waals surface area contributed by atoms with E-state index < -0.39 is 14.1 Å². The van der Waals surface area contributed by atoms with Gasteiger partial charge in [0.05, 0.1) is 24.9 Å². The zero-order chi connectivity index (χ0) is 27.2. The average Bonchev–Trinajstić information content (AvgIpc) is 3.00. The number of rotatable bonds is 9. The van der Waals surface area contributed by atoms with Gasteiger partial charge in [0.1, 0.15) is 0 Å². The van der Waals surface area contributed by atoms with Crippen LogP contribution in [0.5, 0.6) is 0 Å². The number of benzene rings is 2. The predicted molar refractivity (Wildman–Crippen MR) is 159 cm³/mol. The van der Waals surface area contributed by atoms with Crippen molar-refractivity contribution in [3.63, 3.8) is 0 Å². The third-order valence-electron chi connectivity index (χ3n) is 8.03. The molecule has 0 aromatic heterocycles. The maximum atomic E-state index is 7.17. The maximum Gasteiger partial charge on any atom is 0.261 e. The summed E-state index contributed by atoms with van der Waals surface area (Å²) in [5.41, 5.74) is 0. The largest absolute Gasteiger partial charge is 0.407 e. The molecule has 0 saturated carbocycles. The van der Waals surface area contributed by atoms with E-state index in [9.17, 15) is 0 Å². The fourth-order valence-corrected chi connectivity index (χ4v) is 10.8. The number of ether oxygens (including phenoxy) is 3. The van der Waals surface area contributed by atoms with Gasteiger partial charge in [-0.25, -0.2) is 0 Å². The van der Waals surface area contributed by atoms with Gasteiger partial charge < -0.3 is 18.6 Å². The van der Waals surface area contributed by atoms with Gasteiger partial charge in [-0.05, 0) is 67.3 Å². The van der Waals surface area contributed by atoms with Gasteiger partial charge in [0.15, 0.2) is 5.79 Å². The molecule has 2 aromatic carbocycles. The summed E-state index contributed by atoms with van der Waals surface area (Å²) in [5.74, 6) is -0.242. The Hall–Kier alpha value is -1.76. The highest BCUT2D eigenvalue weighted by Crippen LogP contribution is 2.38. The molecule has 2 aliphatic rings. The van der Waals surface area contributed by atoms with Crippen molar-refractivity contribution in [3.05, 3.63) is 72.8 Å². The lowest BCUT2D eigenvalue weighted by Gasteiger charge is -2.43. The number of hydrogen-bond donors (Lipinski definition) is 0. The Bertz CT molecular complexity index is 975. The van der Waals surface area contributed by atoms with Gasteiger partial charge in [0.2, 0.25) is 0 Å². The van der Waals surface area contributed by atoms with E-state index in [1.807, 2.05) is 0 Å². The summed E-state index contributed by atoms with van der Waals surface area (Å²) >= 11 is 0. The summed E-state index contributed by atoms with van der Waals surface area (Å²) in [7, 11) is -2.56. The third kappa shape index (κ3) is 7.05. The molecule has 2 aliphatic heterocycles. The summed E-state index contributed by atoms with van der Waals surface area (Å²) in [6.45, 7) is 14.9. The molecular weight excluding hydrogens is 488 g/mol. The van der Waals surface area contributed by atoms with Gasteiger partial charge in [-0.2, -0.15) is 0 Å². The zero-order valence-corrected chi connectivity index (χ0v) is 25.3.